The lowest BCUT2D eigenvalue weighted by atomic mass is 10.0. The Balaban J connectivity index is 1.69. The Hall–Kier alpha value is -3.59. The molecule has 8 nitrogen and oxygen atoms in total. The molecular formula is C29H34F7N5O3. The van der Waals surface area contributed by atoms with Crippen molar-refractivity contribution in [3.05, 3.63) is 85.3 Å². The van der Waals surface area contributed by atoms with Crippen LogP contribution >= 0.6 is 0 Å². The molecule has 1 aliphatic rings. The van der Waals surface area contributed by atoms with Crippen LogP contribution in [0.3, 0.4) is 0 Å². The number of nitrogens with two attached hydrogens (primary N) is 1. The van der Waals surface area contributed by atoms with E-state index in [4.69, 9.17) is 10.2 Å². The van der Waals surface area contributed by atoms with Gasteiger partial charge in [0, 0.05) is 50.0 Å². The number of hydrogen-bond donors (Lipinski definition) is 1. The van der Waals surface area contributed by atoms with Crippen LogP contribution < -0.4 is 21.9 Å². The first kappa shape index (κ1) is 33.3. The Morgan fingerprint density at radius 3 is 2.14 bits per heavy atom. The predicted octanol–water partition coefficient (Wildman–Crippen LogP) is 4.83. The van der Waals surface area contributed by atoms with Gasteiger partial charge in [-0.15, -0.1) is 0 Å². The summed E-state index contributed by atoms with van der Waals surface area (Å²) in [7, 11) is 0. The molecule has 2 N–H and O–H groups in total. The van der Waals surface area contributed by atoms with Gasteiger partial charge in [0.15, 0.2) is 0 Å². The number of benzene rings is 1. The normalized spacial score (nSPS) is 15.8. The molecule has 1 aliphatic heterocycles. The van der Waals surface area contributed by atoms with Crippen LogP contribution in [0.1, 0.15) is 48.6 Å². The van der Waals surface area contributed by atoms with Crippen LogP contribution in [-0.2, 0) is 32.0 Å². The first-order valence-electron chi connectivity index (χ1n) is 14.0. The summed E-state index contributed by atoms with van der Waals surface area (Å²) in [5.74, 6) is -2.01. The second kappa shape index (κ2) is 12.8. The van der Waals surface area contributed by atoms with E-state index in [2.05, 4.69) is 0 Å². The van der Waals surface area contributed by atoms with Gasteiger partial charge >= 0.3 is 18.0 Å². The zero-order valence-electron chi connectivity index (χ0n) is 24.4. The Labute approximate surface area is 248 Å². The molecule has 0 radical (unpaired) electrons. The molecule has 3 aromatic rings. The monoisotopic (exact) mass is 633 g/mol. The molecule has 3 heterocycles. The Morgan fingerprint density at radius 1 is 0.909 bits per heavy atom. The second-order valence-corrected chi connectivity index (χ2v) is 11.4. The Morgan fingerprint density at radius 2 is 1.57 bits per heavy atom. The highest BCUT2D eigenvalue weighted by Crippen LogP contribution is 2.34. The molecule has 0 bridgehead atoms. The van der Waals surface area contributed by atoms with Gasteiger partial charge in [0.25, 0.3) is 5.56 Å². The largest absolute Gasteiger partial charge is 0.455 e. The van der Waals surface area contributed by atoms with Gasteiger partial charge in [-0.2, -0.15) is 26.3 Å². The van der Waals surface area contributed by atoms with Gasteiger partial charge in [-0.1, -0.05) is 19.9 Å². The van der Waals surface area contributed by atoms with Crippen LogP contribution in [0, 0.1) is 18.7 Å². The van der Waals surface area contributed by atoms with Crippen LogP contribution in [0.25, 0.3) is 0 Å². The molecule has 1 atom stereocenters. The lowest BCUT2D eigenvalue weighted by Crippen LogP contribution is -2.52. The first-order valence-corrected chi connectivity index (χ1v) is 14.0. The number of piperazine rings is 1. The third-order valence-corrected chi connectivity index (χ3v) is 7.60. The van der Waals surface area contributed by atoms with E-state index in [1.807, 2.05) is 18.7 Å². The van der Waals surface area contributed by atoms with Crippen molar-refractivity contribution >= 4 is 5.69 Å². The maximum Gasteiger partial charge on any atom is 0.449 e. The summed E-state index contributed by atoms with van der Waals surface area (Å²) >= 11 is 0. The molecule has 0 amide bonds. The average molecular weight is 634 g/mol. The molecule has 1 aromatic carbocycles. The van der Waals surface area contributed by atoms with Crippen molar-refractivity contribution in [2.24, 2.45) is 11.7 Å². The van der Waals surface area contributed by atoms with Crippen molar-refractivity contribution in [1.29, 1.82) is 0 Å². The highest BCUT2D eigenvalue weighted by atomic mass is 19.4. The highest BCUT2D eigenvalue weighted by molar-refractivity contribution is 5.50. The van der Waals surface area contributed by atoms with Crippen molar-refractivity contribution in [2.45, 2.75) is 65.2 Å². The van der Waals surface area contributed by atoms with Gasteiger partial charge < -0.3 is 15.1 Å². The summed E-state index contributed by atoms with van der Waals surface area (Å²) in [6.07, 6.45) is -9.04. The van der Waals surface area contributed by atoms with E-state index in [1.165, 1.54) is 13.0 Å². The van der Waals surface area contributed by atoms with Gasteiger partial charge in [0.1, 0.15) is 17.3 Å². The number of nitrogens with zero attached hydrogens (tertiary/aromatic N) is 4. The molecule has 0 aliphatic carbocycles. The summed E-state index contributed by atoms with van der Waals surface area (Å²) in [5.41, 5.74) is 2.77. The van der Waals surface area contributed by atoms with Gasteiger partial charge in [-0.05, 0) is 43.5 Å². The molecule has 2 aromatic heterocycles. The van der Waals surface area contributed by atoms with Crippen LogP contribution in [0.15, 0.2) is 44.3 Å². The van der Waals surface area contributed by atoms with E-state index in [0.29, 0.717) is 19.5 Å². The fourth-order valence-corrected chi connectivity index (χ4v) is 5.52. The van der Waals surface area contributed by atoms with Gasteiger partial charge in [-0.3, -0.25) is 18.8 Å². The average Bonchev–Trinajstić information content (AvgIpc) is 3.39. The Bertz CT molecular complexity index is 1580. The van der Waals surface area contributed by atoms with Crippen LogP contribution in [-0.4, -0.2) is 46.3 Å². The number of furan rings is 1. The fraction of sp³-hybridized carbons (Fsp3) is 0.517. The number of halogens is 7. The molecule has 15 heteroatoms. The minimum absolute atomic E-state index is 0.0550. The zero-order chi connectivity index (χ0) is 32.6. The molecule has 0 saturated carbocycles. The van der Waals surface area contributed by atoms with Gasteiger partial charge in [0.2, 0.25) is 5.76 Å². The predicted molar refractivity (Wildman–Crippen MR) is 149 cm³/mol. The quantitative estimate of drug-likeness (QED) is 0.340. The van der Waals surface area contributed by atoms with Crippen molar-refractivity contribution < 1.29 is 35.2 Å². The molecule has 4 rings (SSSR count). The first-order chi connectivity index (χ1) is 20.5. The standard InChI is InChI=1S/C29H34F7N5O3/c1-17(2)13-19(37)14-41-26(42)25(39-11-9-38(10-12-39)15-20-7-8-24(44-20)29(34,35)36)18(3)40(27(41)43)16-21-22(28(31,32)33)5-4-6-23(21)30/h4-8,17,19H,9-16,37H2,1-3H3/t19-/m1/s1. The van der Waals surface area contributed by atoms with Crippen molar-refractivity contribution in [3.63, 3.8) is 0 Å². The maximum absolute atomic E-state index is 14.8. The van der Waals surface area contributed by atoms with Gasteiger partial charge in [0.05, 0.1) is 18.7 Å². The van der Waals surface area contributed by atoms with Crippen molar-refractivity contribution in [3.8, 4) is 0 Å². The molecule has 0 spiro atoms. The third-order valence-electron chi connectivity index (χ3n) is 7.60. The summed E-state index contributed by atoms with van der Waals surface area (Å²) < 4.78 is 102. The van der Waals surface area contributed by atoms with Crippen LogP contribution in [0.5, 0.6) is 0 Å². The number of rotatable bonds is 9. The van der Waals surface area contributed by atoms with Gasteiger partial charge in [-0.25, -0.2) is 9.18 Å². The summed E-state index contributed by atoms with van der Waals surface area (Å²) in [6.45, 7) is 5.37. The highest BCUT2D eigenvalue weighted by Gasteiger charge is 2.36. The molecule has 0 unspecified atom stereocenters. The van der Waals surface area contributed by atoms with E-state index in [0.717, 1.165) is 33.4 Å². The van der Waals surface area contributed by atoms with E-state index >= 15 is 0 Å². The molecule has 44 heavy (non-hydrogen) atoms. The minimum Gasteiger partial charge on any atom is -0.455 e. The molecule has 1 fully saturated rings. The number of alkyl halides is 6. The lowest BCUT2D eigenvalue weighted by molar-refractivity contribution is -0.153. The summed E-state index contributed by atoms with van der Waals surface area (Å²) in [6, 6.07) is 4.01. The molecule has 1 saturated heterocycles. The number of aromatic nitrogens is 2. The fourth-order valence-electron chi connectivity index (χ4n) is 5.52. The lowest BCUT2D eigenvalue weighted by Gasteiger charge is -2.36. The maximum atomic E-state index is 14.8. The third kappa shape index (κ3) is 7.37. The second-order valence-electron chi connectivity index (χ2n) is 11.4. The van der Waals surface area contributed by atoms with Crippen LogP contribution in [0.4, 0.5) is 36.4 Å². The van der Waals surface area contributed by atoms with E-state index < -0.39 is 58.9 Å². The SMILES string of the molecule is Cc1c(N2CCN(Cc3ccc(C(F)(F)F)o3)CC2)c(=O)n(C[C@H](N)CC(C)C)c(=O)n1Cc1c(F)cccc1C(F)(F)F. The molecular weight excluding hydrogens is 599 g/mol. The Kier molecular flexibility index (Phi) is 9.69. The van der Waals surface area contributed by atoms with Crippen LogP contribution in [0.2, 0.25) is 0 Å². The summed E-state index contributed by atoms with van der Waals surface area (Å²) in [4.78, 5) is 30.9. The topological polar surface area (TPSA) is 89.6 Å². The minimum atomic E-state index is -4.89. The smallest absolute Gasteiger partial charge is 0.449 e. The number of anilines is 1. The molecule has 242 valence electrons. The van der Waals surface area contributed by atoms with Crippen molar-refractivity contribution in [1.82, 2.24) is 14.0 Å². The van der Waals surface area contributed by atoms with E-state index in [9.17, 15) is 40.3 Å². The van der Waals surface area contributed by atoms with E-state index in [-0.39, 0.29) is 49.2 Å². The number of hydrogen-bond acceptors (Lipinski definition) is 6. The van der Waals surface area contributed by atoms with Crippen molar-refractivity contribution in [2.75, 3.05) is 31.1 Å². The summed E-state index contributed by atoms with van der Waals surface area (Å²) in [5, 5.41) is 0. The van der Waals surface area contributed by atoms with E-state index in [1.54, 1.807) is 4.90 Å². The zero-order valence-corrected chi connectivity index (χ0v) is 24.4.